The van der Waals surface area contributed by atoms with Gasteiger partial charge in [0.25, 0.3) is 0 Å². The molecule has 0 aliphatic carbocycles. The molecule has 2 aromatic carbocycles. The Balaban J connectivity index is 1.61. The molecule has 0 radical (unpaired) electrons. The van der Waals surface area contributed by atoms with Gasteiger partial charge in [-0.15, -0.1) is 0 Å². The topological polar surface area (TPSA) is 62.2 Å². The summed E-state index contributed by atoms with van der Waals surface area (Å²) in [7, 11) is 0. The third kappa shape index (κ3) is 5.01. The molecule has 4 aromatic rings. The normalized spacial score (nSPS) is 17.1. The van der Waals surface area contributed by atoms with E-state index in [9.17, 15) is 4.79 Å². The number of hydrogen-bond acceptors (Lipinski definition) is 3. The number of amides is 1. The molecule has 6 nitrogen and oxygen atoms in total. The Morgan fingerprint density at radius 2 is 1.82 bits per heavy atom. The van der Waals surface area contributed by atoms with E-state index in [0.717, 1.165) is 33.3 Å². The van der Waals surface area contributed by atoms with Crippen molar-refractivity contribution in [3.05, 3.63) is 106 Å². The summed E-state index contributed by atoms with van der Waals surface area (Å²) >= 11 is 18.8. The molecule has 0 spiro atoms. The first-order valence-corrected chi connectivity index (χ1v) is 13.5. The number of nitrogens with zero attached hydrogens (tertiary/aromatic N) is 3. The molecule has 2 N–H and O–H groups in total. The Bertz CT molecular complexity index is 1500. The van der Waals surface area contributed by atoms with Crippen molar-refractivity contribution in [2.75, 3.05) is 10.2 Å². The first-order chi connectivity index (χ1) is 18.2. The van der Waals surface area contributed by atoms with Crippen molar-refractivity contribution < 1.29 is 4.79 Å². The highest BCUT2D eigenvalue weighted by Gasteiger charge is 2.42. The Labute approximate surface area is 237 Å². The van der Waals surface area contributed by atoms with E-state index in [1.165, 1.54) is 0 Å². The van der Waals surface area contributed by atoms with Gasteiger partial charge in [0, 0.05) is 40.4 Å². The monoisotopic (exact) mass is 563 g/mol. The lowest BCUT2D eigenvalue weighted by Gasteiger charge is -2.29. The molecule has 1 saturated heterocycles. The fraction of sp³-hybridized carbons (Fsp3) is 0.207. The van der Waals surface area contributed by atoms with E-state index in [2.05, 4.69) is 37.2 Å². The van der Waals surface area contributed by atoms with E-state index < -0.39 is 0 Å². The van der Waals surface area contributed by atoms with Crippen LogP contribution in [-0.4, -0.2) is 20.6 Å². The summed E-state index contributed by atoms with van der Waals surface area (Å²) in [6, 6.07) is 21.1. The van der Waals surface area contributed by atoms with Crippen LogP contribution in [0.3, 0.4) is 0 Å². The third-order valence-corrected chi connectivity index (χ3v) is 7.67. The minimum Gasteiger partial charge on any atom is -0.351 e. The first-order valence-electron chi connectivity index (χ1n) is 12.3. The van der Waals surface area contributed by atoms with E-state index in [1.54, 1.807) is 6.20 Å². The maximum atomic E-state index is 12.3. The Hall–Kier alpha value is -3.39. The van der Waals surface area contributed by atoms with Crippen molar-refractivity contribution in [1.29, 1.82) is 0 Å². The van der Waals surface area contributed by atoms with Crippen molar-refractivity contribution in [2.45, 2.75) is 32.9 Å². The Kier molecular flexibility index (Phi) is 7.43. The molecule has 1 amide bonds. The summed E-state index contributed by atoms with van der Waals surface area (Å²) in [6.07, 6.45) is 3.81. The number of rotatable bonds is 6. The van der Waals surface area contributed by atoms with E-state index in [-0.39, 0.29) is 23.9 Å². The predicted octanol–water partition coefficient (Wildman–Crippen LogP) is 7.26. The summed E-state index contributed by atoms with van der Waals surface area (Å²) in [5.41, 5.74) is 5.24. The number of halogens is 2. The predicted molar refractivity (Wildman–Crippen MR) is 158 cm³/mol. The quantitative estimate of drug-likeness (QED) is 0.242. The number of nitrogens with one attached hydrogen (secondary N) is 2. The molecule has 1 aliphatic rings. The van der Waals surface area contributed by atoms with Gasteiger partial charge in [-0.3, -0.25) is 9.78 Å². The zero-order chi connectivity index (χ0) is 27.0. The highest BCUT2D eigenvalue weighted by molar-refractivity contribution is 7.80. The molecule has 2 aromatic heterocycles. The summed E-state index contributed by atoms with van der Waals surface area (Å²) in [4.78, 5) is 19.0. The van der Waals surface area contributed by atoms with Crippen LogP contribution in [0.15, 0.2) is 79.1 Å². The minimum atomic E-state index is -0.240. The molecule has 0 unspecified atom stereocenters. The summed E-state index contributed by atoms with van der Waals surface area (Å²) in [6.45, 7) is 5.67. The second kappa shape index (κ2) is 10.8. The second-order valence-electron chi connectivity index (χ2n) is 9.54. The highest BCUT2D eigenvalue weighted by Crippen LogP contribution is 2.43. The van der Waals surface area contributed by atoms with Crippen LogP contribution in [0.4, 0.5) is 11.4 Å². The van der Waals surface area contributed by atoms with Crippen LogP contribution >= 0.6 is 35.4 Å². The largest absolute Gasteiger partial charge is 0.351 e. The zero-order valence-electron chi connectivity index (χ0n) is 21.2. The second-order valence-corrected chi connectivity index (χ2v) is 10.7. The van der Waals surface area contributed by atoms with Gasteiger partial charge in [-0.1, -0.05) is 43.1 Å². The lowest BCUT2D eigenvalue weighted by molar-refractivity contribution is -0.118. The van der Waals surface area contributed by atoms with Gasteiger partial charge < -0.3 is 20.1 Å². The van der Waals surface area contributed by atoms with Crippen molar-refractivity contribution in [3.63, 3.8) is 0 Å². The lowest BCUT2D eigenvalue weighted by atomic mass is 10.0. The molecule has 2 atom stereocenters. The van der Waals surface area contributed by atoms with Crippen molar-refractivity contribution in [3.8, 4) is 5.69 Å². The fourth-order valence-electron chi connectivity index (χ4n) is 4.61. The average Bonchev–Trinajstić information content (AvgIpc) is 3.51. The number of aryl methyl sites for hydroxylation is 1. The number of anilines is 2. The minimum absolute atomic E-state index is 0.0952. The molecule has 9 heteroatoms. The standard InChI is InChI=1S/C29H27Cl2N5OS/c1-17(2)28(37)33-23-12-10-20(16-22(23)31)36-27(26(34-29(36)38)24-7-4-5-13-32-24)25-8-6-14-35(25)19-9-11-21(30)18(3)15-19/h4-17,26-27H,1-3H3,(H,33,37)(H,34,38)/t26-,27+/m0/s1. The van der Waals surface area contributed by atoms with Gasteiger partial charge in [0.15, 0.2) is 5.11 Å². The molecule has 0 saturated carbocycles. The molecule has 3 heterocycles. The summed E-state index contributed by atoms with van der Waals surface area (Å²) in [5.74, 6) is -0.254. The average molecular weight is 565 g/mol. The van der Waals surface area contributed by atoms with Crippen LogP contribution in [0.2, 0.25) is 10.0 Å². The molecule has 1 fully saturated rings. The van der Waals surface area contributed by atoms with E-state index in [0.29, 0.717) is 15.8 Å². The van der Waals surface area contributed by atoms with Crippen LogP contribution in [0.1, 0.15) is 42.9 Å². The van der Waals surface area contributed by atoms with Gasteiger partial charge >= 0.3 is 0 Å². The molecule has 38 heavy (non-hydrogen) atoms. The van der Waals surface area contributed by atoms with Crippen molar-refractivity contribution in [1.82, 2.24) is 14.9 Å². The van der Waals surface area contributed by atoms with Crippen LogP contribution in [0.5, 0.6) is 0 Å². The Morgan fingerprint density at radius 3 is 2.50 bits per heavy atom. The molecule has 1 aliphatic heterocycles. The highest BCUT2D eigenvalue weighted by atomic mass is 35.5. The smallest absolute Gasteiger partial charge is 0.226 e. The van der Waals surface area contributed by atoms with E-state index in [1.807, 2.05) is 81.6 Å². The Morgan fingerprint density at radius 1 is 1.03 bits per heavy atom. The third-order valence-electron chi connectivity index (χ3n) is 6.61. The fourth-order valence-corrected chi connectivity index (χ4v) is 5.30. The van der Waals surface area contributed by atoms with Crippen molar-refractivity contribution >= 4 is 57.8 Å². The SMILES string of the molecule is Cc1cc(-n2cccc2[C@@H]2[C@H](c3ccccn3)NC(=S)N2c2ccc(NC(=O)C(C)C)c(Cl)c2)ccc1Cl. The van der Waals surface area contributed by atoms with Gasteiger partial charge in [0.2, 0.25) is 5.91 Å². The number of thiocarbonyl (C=S) groups is 1. The van der Waals surface area contributed by atoms with Gasteiger partial charge in [-0.25, -0.2) is 0 Å². The van der Waals surface area contributed by atoms with Gasteiger partial charge in [0.1, 0.15) is 6.04 Å². The number of benzene rings is 2. The number of carbonyl (C=O) groups excluding carboxylic acids is 1. The van der Waals surface area contributed by atoms with Crippen LogP contribution in [0, 0.1) is 12.8 Å². The number of aromatic nitrogens is 2. The van der Waals surface area contributed by atoms with E-state index in [4.69, 9.17) is 35.4 Å². The number of hydrogen-bond donors (Lipinski definition) is 2. The molecule has 0 bridgehead atoms. The number of carbonyl (C=O) groups is 1. The van der Waals surface area contributed by atoms with Gasteiger partial charge in [-0.2, -0.15) is 0 Å². The van der Waals surface area contributed by atoms with E-state index >= 15 is 0 Å². The van der Waals surface area contributed by atoms with Crippen LogP contribution in [-0.2, 0) is 4.79 Å². The molecule has 5 rings (SSSR count). The van der Waals surface area contributed by atoms with Gasteiger partial charge in [0.05, 0.1) is 22.4 Å². The maximum absolute atomic E-state index is 12.3. The van der Waals surface area contributed by atoms with Crippen LogP contribution in [0.25, 0.3) is 5.69 Å². The number of pyridine rings is 1. The lowest BCUT2D eigenvalue weighted by Crippen LogP contribution is -2.30. The van der Waals surface area contributed by atoms with Crippen molar-refractivity contribution in [2.24, 2.45) is 5.92 Å². The van der Waals surface area contributed by atoms with Gasteiger partial charge in [-0.05, 0) is 85.4 Å². The zero-order valence-corrected chi connectivity index (χ0v) is 23.5. The molecule has 194 valence electrons. The molecular formula is C29H27Cl2N5OS. The molecular weight excluding hydrogens is 537 g/mol. The maximum Gasteiger partial charge on any atom is 0.226 e. The summed E-state index contributed by atoms with van der Waals surface area (Å²) in [5, 5.41) is 8.09. The summed E-state index contributed by atoms with van der Waals surface area (Å²) < 4.78 is 2.14. The van der Waals surface area contributed by atoms with Crippen LogP contribution < -0.4 is 15.5 Å². The first kappa shape index (κ1) is 26.2.